The first-order chi connectivity index (χ1) is 15.2. The smallest absolute Gasteiger partial charge is 0.228 e. The van der Waals surface area contributed by atoms with E-state index in [2.05, 4.69) is 5.32 Å². The Morgan fingerprint density at radius 3 is 2.48 bits per heavy atom. The van der Waals surface area contributed by atoms with Crippen LogP contribution in [0.15, 0.2) is 78.9 Å². The lowest BCUT2D eigenvalue weighted by molar-refractivity contribution is -0.124. The minimum Gasteiger partial charge on any atom is -0.497 e. The average Bonchev–Trinajstić information content (AvgIpc) is 2.83. The van der Waals surface area contributed by atoms with E-state index in [0.29, 0.717) is 13.0 Å². The van der Waals surface area contributed by atoms with Crippen LogP contribution in [0.3, 0.4) is 0 Å². The predicted molar refractivity (Wildman–Crippen MR) is 119 cm³/mol. The molecule has 3 aromatic carbocycles. The monoisotopic (exact) mass is 417 g/mol. The summed E-state index contributed by atoms with van der Waals surface area (Å²) in [6, 6.07) is 25.0. The number of carbonyl (C=O) groups is 1. The molecule has 0 radical (unpaired) electrons. The van der Waals surface area contributed by atoms with Crippen LogP contribution in [0.1, 0.15) is 28.7 Å². The second-order valence-corrected chi connectivity index (χ2v) is 7.79. The van der Waals surface area contributed by atoms with Crippen LogP contribution in [0.4, 0.5) is 0 Å². The normalized spacial score (nSPS) is 18.4. The molecule has 0 bridgehead atoms. The van der Waals surface area contributed by atoms with Crippen LogP contribution < -0.4 is 14.8 Å². The molecule has 1 amide bonds. The topological polar surface area (TPSA) is 67.8 Å². The number of carbonyl (C=O) groups excluding carboxylic acids is 1. The maximum Gasteiger partial charge on any atom is 0.228 e. The lowest BCUT2D eigenvalue weighted by atomic mass is 9.88. The Balaban J connectivity index is 1.63. The molecule has 160 valence electrons. The number of fused-ring (bicyclic) bond motifs is 1. The van der Waals surface area contributed by atoms with Crippen molar-refractivity contribution >= 4 is 5.91 Å². The maximum absolute atomic E-state index is 13.6. The molecule has 0 unspecified atom stereocenters. The van der Waals surface area contributed by atoms with Gasteiger partial charge in [-0.25, -0.2) is 0 Å². The summed E-state index contributed by atoms with van der Waals surface area (Å²) in [5, 5.41) is 13.1. The lowest BCUT2D eigenvalue weighted by Gasteiger charge is -2.34. The van der Waals surface area contributed by atoms with Gasteiger partial charge in [-0.05, 0) is 35.7 Å². The highest BCUT2D eigenvalue weighted by molar-refractivity contribution is 5.84. The molecule has 3 atom stereocenters. The molecule has 0 aliphatic carbocycles. The van der Waals surface area contributed by atoms with Crippen LogP contribution in [0.5, 0.6) is 11.5 Å². The zero-order valence-electron chi connectivity index (χ0n) is 17.5. The molecule has 5 nitrogen and oxygen atoms in total. The number of nitrogens with one attached hydrogen (secondary N) is 1. The quantitative estimate of drug-likeness (QED) is 0.612. The van der Waals surface area contributed by atoms with Crippen molar-refractivity contribution in [3.8, 4) is 11.5 Å². The van der Waals surface area contributed by atoms with E-state index in [9.17, 15) is 9.90 Å². The number of hydrogen-bond acceptors (Lipinski definition) is 4. The van der Waals surface area contributed by atoms with Crippen LogP contribution in [0, 0.1) is 5.92 Å². The Morgan fingerprint density at radius 2 is 1.77 bits per heavy atom. The average molecular weight is 418 g/mol. The van der Waals surface area contributed by atoms with Crippen molar-refractivity contribution in [2.45, 2.75) is 18.4 Å². The third-order valence-corrected chi connectivity index (χ3v) is 5.83. The first-order valence-corrected chi connectivity index (χ1v) is 10.5. The third kappa shape index (κ3) is 4.72. The molecule has 1 aliphatic heterocycles. The maximum atomic E-state index is 13.6. The second-order valence-electron chi connectivity index (χ2n) is 7.79. The van der Waals surface area contributed by atoms with Gasteiger partial charge in [0, 0.05) is 11.5 Å². The van der Waals surface area contributed by atoms with E-state index < -0.39 is 0 Å². The second kappa shape index (κ2) is 9.67. The molecule has 0 saturated carbocycles. The molecule has 1 heterocycles. The number of ether oxygens (including phenoxy) is 2. The lowest BCUT2D eigenvalue weighted by Crippen LogP contribution is -2.42. The van der Waals surface area contributed by atoms with E-state index in [4.69, 9.17) is 9.47 Å². The summed E-state index contributed by atoms with van der Waals surface area (Å²) in [4.78, 5) is 13.6. The van der Waals surface area contributed by atoms with E-state index in [-0.39, 0.29) is 30.4 Å². The Kier molecular flexibility index (Phi) is 6.53. The highest BCUT2D eigenvalue weighted by Gasteiger charge is 2.33. The number of para-hydroxylation sites is 1. The molecule has 0 fully saturated rings. The van der Waals surface area contributed by atoms with Gasteiger partial charge in [-0.2, -0.15) is 0 Å². The summed E-state index contributed by atoms with van der Waals surface area (Å²) in [6.45, 7) is 0.301. The van der Waals surface area contributed by atoms with Gasteiger partial charge in [0.05, 0.1) is 32.3 Å². The Hall–Kier alpha value is -3.31. The zero-order valence-corrected chi connectivity index (χ0v) is 17.5. The minimum absolute atomic E-state index is 0.0643. The third-order valence-electron chi connectivity index (χ3n) is 5.83. The number of benzene rings is 3. The molecule has 31 heavy (non-hydrogen) atoms. The van der Waals surface area contributed by atoms with Gasteiger partial charge < -0.3 is 19.9 Å². The molecule has 4 rings (SSSR count). The van der Waals surface area contributed by atoms with Crippen LogP contribution in [-0.2, 0) is 11.2 Å². The van der Waals surface area contributed by atoms with Crippen LogP contribution in [0.25, 0.3) is 0 Å². The van der Waals surface area contributed by atoms with E-state index in [0.717, 1.165) is 28.2 Å². The van der Waals surface area contributed by atoms with Crippen molar-refractivity contribution < 1.29 is 19.4 Å². The number of hydrogen-bond donors (Lipinski definition) is 2. The van der Waals surface area contributed by atoms with Crippen molar-refractivity contribution in [2.75, 3.05) is 20.3 Å². The summed E-state index contributed by atoms with van der Waals surface area (Å²) in [6.07, 6.45) is 0.577. The number of rotatable bonds is 7. The van der Waals surface area contributed by atoms with Crippen molar-refractivity contribution in [3.05, 3.63) is 95.6 Å². The van der Waals surface area contributed by atoms with E-state index in [1.54, 1.807) is 7.11 Å². The molecular formula is C26H27NO4. The number of aliphatic hydroxyl groups is 1. The Bertz CT molecular complexity index is 1000. The number of methoxy groups -OCH3 is 1. The summed E-state index contributed by atoms with van der Waals surface area (Å²) in [7, 11) is 1.63. The van der Waals surface area contributed by atoms with Crippen molar-refractivity contribution in [1.82, 2.24) is 5.32 Å². The summed E-state index contributed by atoms with van der Waals surface area (Å²) >= 11 is 0. The SMILES string of the molecule is COc1ccc([C@@H](Cc2ccccc2)C(=O)N[C@H]2c3ccccc3OC[C@H]2CO)cc1. The minimum atomic E-state index is -0.373. The molecule has 3 aromatic rings. The van der Waals surface area contributed by atoms with Crippen LogP contribution in [0.2, 0.25) is 0 Å². The van der Waals surface area contributed by atoms with Gasteiger partial charge in [0.25, 0.3) is 0 Å². The first-order valence-electron chi connectivity index (χ1n) is 10.5. The highest BCUT2D eigenvalue weighted by atomic mass is 16.5. The molecule has 2 N–H and O–H groups in total. The van der Waals surface area contributed by atoms with Gasteiger partial charge in [-0.1, -0.05) is 60.7 Å². The van der Waals surface area contributed by atoms with E-state index in [1.807, 2.05) is 78.9 Å². The van der Waals surface area contributed by atoms with E-state index in [1.165, 1.54) is 0 Å². The summed E-state index contributed by atoms with van der Waals surface area (Å²) in [5.74, 6) is 0.854. The van der Waals surface area contributed by atoms with Crippen molar-refractivity contribution in [1.29, 1.82) is 0 Å². The summed E-state index contributed by atoms with van der Waals surface area (Å²) in [5.41, 5.74) is 2.90. The van der Waals surface area contributed by atoms with Gasteiger partial charge in [0.1, 0.15) is 11.5 Å². The van der Waals surface area contributed by atoms with Gasteiger partial charge in [-0.15, -0.1) is 0 Å². The van der Waals surface area contributed by atoms with Gasteiger partial charge >= 0.3 is 0 Å². The molecule has 0 spiro atoms. The number of amides is 1. The van der Waals surface area contributed by atoms with Gasteiger partial charge in [-0.3, -0.25) is 4.79 Å². The standard InChI is InChI=1S/C26H27NO4/c1-30-21-13-11-19(12-14-21)23(15-18-7-3-2-4-8-18)26(29)27-25-20(16-28)17-31-24-10-6-5-9-22(24)25/h2-14,20,23,25,28H,15-17H2,1H3,(H,27,29)/t20-,23-,25-/m1/s1. The molecule has 1 aliphatic rings. The number of aliphatic hydroxyl groups excluding tert-OH is 1. The highest BCUT2D eigenvalue weighted by Crippen LogP contribution is 2.36. The molecular weight excluding hydrogens is 390 g/mol. The fourth-order valence-electron chi connectivity index (χ4n) is 4.07. The van der Waals surface area contributed by atoms with Crippen molar-refractivity contribution in [3.63, 3.8) is 0 Å². The molecule has 0 saturated heterocycles. The van der Waals surface area contributed by atoms with Crippen molar-refractivity contribution in [2.24, 2.45) is 5.92 Å². The van der Waals surface area contributed by atoms with E-state index >= 15 is 0 Å². The summed E-state index contributed by atoms with van der Waals surface area (Å²) < 4.78 is 11.1. The van der Waals surface area contributed by atoms with Gasteiger partial charge in [0.15, 0.2) is 0 Å². The Labute approximate surface area is 182 Å². The fourth-order valence-corrected chi connectivity index (χ4v) is 4.07. The molecule has 5 heteroatoms. The van der Waals surface area contributed by atoms with Gasteiger partial charge in [0.2, 0.25) is 5.91 Å². The Morgan fingerprint density at radius 1 is 1.06 bits per heavy atom. The van der Waals surface area contributed by atoms with Crippen LogP contribution >= 0.6 is 0 Å². The molecule has 0 aromatic heterocycles. The predicted octanol–water partition coefficient (Wildman–Crippen LogP) is 3.88. The zero-order chi connectivity index (χ0) is 21.6. The largest absolute Gasteiger partial charge is 0.497 e. The fraction of sp³-hybridized carbons (Fsp3) is 0.269. The first kappa shape index (κ1) is 20.9. The van der Waals surface area contributed by atoms with Crippen LogP contribution in [-0.4, -0.2) is 31.3 Å².